The minimum absolute atomic E-state index is 0. The molecule has 2 saturated carbocycles. The fourth-order valence-corrected chi connectivity index (χ4v) is 7.52. The monoisotopic (exact) mass is 894 g/mol. The largest absolute Gasteiger partial charge is 0.461 e. The lowest BCUT2D eigenvalue weighted by Crippen LogP contribution is -2.37. The summed E-state index contributed by atoms with van der Waals surface area (Å²) in [5.41, 5.74) is 5.90. The lowest BCUT2D eigenvalue weighted by molar-refractivity contribution is -0.138. The van der Waals surface area contributed by atoms with Crippen molar-refractivity contribution in [3.63, 3.8) is 0 Å². The molecule has 10 rings (SSSR count). The van der Waals surface area contributed by atoms with E-state index in [0.29, 0.717) is 69.5 Å². The summed E-state index contributed by atoms with van der Waals surface area (Å²) >= 11 is 0. The number of fused-ring (bicyclic) bond motifs is 2. The molecule has 0 unspecified atom stereocenters. The van der Waals surface area contributed by atoms with Crippen LogP contribution >= 0.6 is 0 Å². The van der Waals surface area contributed by atoms with Crippen molar-refractivity contribution >= 4 is 45.8 Å². The van der Waals surface area contributed by atoms with E-state index < -0.39 is 34.9 Å². The molecule has 0 radical (unpaired) electrons. The Hall–Kier alpha value is -7.58. The summed E-state index contributed by atoms with van der Waals surface area (Å²) < 4.78 is 8.31. The summed E-state index contributed by atoms with van der Waals surface area (Å²) in [6, 6.07) is 14.3. The number of esters is 1. The number of amides is 3. The number of hydrogen-bond acceptors (Lipinski definition) is 14. The number of nitrogens with two attached hydrogens (primary N) is 1. The topological polar surface area (TPSA) is 273 Å². The Bertz CT molecular complexity index is 3040. The number of hydrogen-bond donors (Lipinski definition) is 4. The summed E-state index contributed by atoms with van der Waals surface area (Å²) in [4.78, 5) is 69.8. The van der Waals surface area contributed by atoms with Gasteiger partial charge in [-0.1, -0.05) is 43.2 Å². The number of rotatable bonds is 7. The van der Waals surface area contributed by atoms with Crippen LogP contribution in [-0.2, 0) is 14.3 Å². The van der Waals surface area contributed by atoms with Gasteiger partial charge in [0.1, 0.15) is 11.6 Å². The van der Waals surface area contributed by atoms with Crippen LogP contribution in [0.5, 0.6) is 0 Å². The maximum atomic E-state index is 12.5. The second kappa shape index (κ2) is 18.1. The van der Waals surface area contributed by atoms with Gasteiger partial charge in [0, 0.05) is 75.4 Å². The number of aromatic nitrogens is 8. The smallest absolute Gasteiger partial charge is 0.359 e. The van der Waals surface area contributed by atoms with Crippen LogP contribution in [0.1, 0.15) is 108 Å². The Morgan fingerprint density at radius 1 is 0.758 bits per heavy atom. The number of ether oxygens (including phenoxy) is 1. The van der Waals surface area contributed by atoms with Gasteiger partial charge in [-0.25, -0.2) is 34.1 Å². The summed E-state index contributed by atoms with van der Waals surface area (Å²) in [6.07, 6.45) is 7.95. The van der Waals surface area contributed by atoms with Crippen LogP contribution < -0.4 is 11.9 Å². The average Bonchev–Trinajstić information content (AvgIpc) is 4.23. The molecule has 4 fully saturated rings. The van der Waals surface area contributed by atoms with Crippen LogP contribution in [0.25, 0.3) is 33.4 Å². The fourth-order valence-electron chi connectivity index (χ4n) is 7.52. The molecule has 19 heteroatoms. The Balaban J connectivity index is 0.000000191. The lowest BCUT2D eigenvalue weighted by atomic mass is 10.0. The highest BCUT2D eigenvalue weighted by molar-refractivity contribution is 6.03. The molecule has 4 aromatic heterocycles. The summed E-state index contributed by atoms with van der Waals surface area (Å²) in [7, 11) is 3.28. The maximum absolute atomic E-state index is 12.5. The quantitative estimate of drug-likeness (QED) is 0.132. The molecule has 2 aromatic carbocycles. The summed E-state index contributed by atoms with van der Waals surface area (Å²) in [5.74, 6) is 11.4. The van der Waals surface area contributed by atoms with Gasteiger partial charge in [0.25, 0.3) is 17.7 Å². The SMILES string of the molecule is C.CCOC(=O)c1nn(-c2cccc(C#C[C@]3(O)CCN(C)C3=O)c2)c2nc(C3CC3)ncc12.CN1CC[C@@](O)(C#Cc2cccc(-n3nc(C(N)=O)c4cnc(C5CC5)nc43)c2)C1=O.N. The van der Waals surface area contributed by atoms with Gasteiger partial charge < -0.3 is 36.6 Å². The van der Waals surface area contributed by atoms with E-state index in [2.05, 4.69) is 48.8 Å². The third-order valence-corrected chi connectivity index (χ3v) is 11.5. The van der Waals surface area contributed by atoms with Gasteiger partial charge in [-0.3, -0.25) is 14.4 Å². The molecule has 2 saturated heterocycles. The van der Waals surface area contributed by atoms with Crippen LogP contribution in [0.2, 0.25) is 0 Å². The van der Waals surface area contributed by atoms with Crippen LogP contribution in [0.4, 0.5) is 0 Å². The molecular formula is C47H50N12O7. The van der Waals surface area contributed by atoms with Gasteiger partial charge in [0.2, 0.25) is 11.2 Å². The van der Waals surface area contributed by atoms with Gasteiger partial charge in [-0.05, 0) is 69.0 Å². The molecule has 2 aliphatic carbocycles. The molecule has 3 amide bonds. The molecular weight excluding hydrogens is 845 g/mol. The molecule has 2 atom stereocenters. The highest BCUT2D eigenvalue weighted by Crippen LogP contribution is 2.39. The average molecular weight is 895 g/mol. The zero-order valence-electron chi connectivity index (χ0n) is 36.0. The van der Waals surface area contributed by atoms with Crippen LogP contribution in [-0.4, -0.2) is 128 Å². The number of likely N-dealkylation sites (tertiary alicyclic amines) is 2. The van der Waals surface area contributed by atoms with Crippen molar-refractivity contribution in [1.82, 2.24) is 55.4 Å². The maximum Gasteiger partial charge on any atom is 0.359 e. The molecule has 4 aliphatic rings. The molecule has 2 aliphatic heterocycles. The van der Waals surface area contributed by atoms with Crippen LogP contribution in [0.3, 0.4) is 0 Å². The minimum Gasteiger partial charge on any atom is -0.461 e. The van der Waals surface area contributed by atoms with E-state index in [4.69, 9.17) is 15.5 Å². The van der Waals surface area contributed by atoms with Crippen molar-refractivity contribution in [3.05, 3.63) is 95.1 Å². The normalized spacial score (nSPS) is 19.8. The Kier molecular flexibility index (Phi) is 12.7. The van der Waals surface area contributed by atoms with Gasteiger partial charge >= 0.3 is 5.97 Å². The standard InChI is InChI=1S/C24H23N5O4.C22H20N6O3.CH4.H3N/c1-3-33-22(30)19-18-14-25-20(16-7-8-16)26-21(18)29(27-19)17-6-4-5-15(13-17)9-10-24(32)11-12-28(2)23(24)31;1-27-10-9-22(31,21(27)30)8-7-13-3-2-4-15(11-13)28-20-16(17(26-28)18(23)29)12-24-19(25-20)14-5-6-14;;/h4-6,13-14,16,32H,3,7-8,11-12H2,1-2H3;2-4,11-12,14,31H,5-6,9-10H2,1H3,(H2,23,29);1H4;1H3/t24-;22-;;/m00../s1. The number of carbonyl (C=O) groups is 4. The Labute approximate surface area is 380 Å². The zero-order valence-corrected chi connectivity index (χ0v) is 36.0. The van der Waals surface area contributed by atoms with E-state index in [1.165, 1.54) is 9.80 Å². The van der Waals surface area contributed by atoms with Gasteiger partial charge in [-0.2, -0.15) is 10.2 Å². The third-order valence-electron chi connectivity index (χ3n) is 11.5. The highest BCUT2D eigenvalue weighted by atomic mass is 16.5. The molecule has 6 heterocycles. The van der Waals surface area contributed by atoms with E-state index in [0.717, 1.165) is 37.3 Å². The van der Waals surface area contributed by atoms with Crippen molar-refractivity contribution in [2.45, 2.75) is 75.9 Å². The van der Waals surface area contributed by atoms with Gasteiger partial charge in [-0.15, -0.1) is 0 Å². The van der Waals surface area contributed by atoms with E-state index in [-0.39, 0.29) is 44.4 Å². The van der Waals surface area contributed by atoms with Crippen molar-refractivity contribution in [2.24, 2.45) is 5.73 Å². The number of aliphatic hydroxyl groups is 2. The zero-order chi connectivity index (χ0) is 44.9. The molecule has 6 aromatic rings. The third kappa shape index (κ3) is 8.91. The number of likely N-dealkylation sites (N-methyl/N-ethyl adjacent to an activating group) is 2. The van der Waals surface area contributed by atoms with Crippen molar-refractivity contribution in [2.75, 3.05) is 33.8 Å². The second-order valence-corrected chi connectivity index (χ2v) is 16.4. The van der Waals surface area contributed by atoms with E-state index >= 15 is 0 Å². The highest BCUT2D eigenvalue weighted by Gasteiger charge is 2.43. The van der Waals surface area contributed by atoms with Gasteiger partial charge in [0.15, 0.2) is 22.7 Å². The summed E-state index contributed by atoms with van der Waals surface area (Å²) in [6.45, 7) is 2.89. The van der Waals surface area contributed by atoms with Crippen LogP contribution in [0, 0.1) is 23.7 Å². The van der Waals surface area contributed by atoms with Gasteiger partial charge in [0.05, 0.1) is 28.8 Å². The number of nitrogens with zero attached hydrogens (tertiary/aromatic N) is 10. The molecule has 7 N–H and O–H groups in total. The first-order valence-electron chi connectivity index (χ1n) is 21.0. The molecule has 0 spiro atoms. The minimum atomic E-state index is -1.67. The molecule has 340 valence electrons. The van der Waals surface area contributed by atoms with E-state index in [1.54, 1.807) is 79.2 Å². The molecule has 19 nitrogen and oxygen atoms in total. The Morgan fingerprint density at radius 2 is 1.20 bits per heavy atom. The second-order valence-electron chi connectivity index (χ2n) is 16.4. The van der Waals surface area contributed by atoms with Crippen molar-refractivity contribution in [3.8, 4) is 35.1 Å². The molecule has 0 bridgehead atoms. The number of primary amides is 1. The van der Waals surface area contributed by atoms with E-state index in [9.17, 15) is 29.4 Å². The first-order valence-corrected chi connectivity index (χ1v) is 21.0. The van der Waals surface area contributed by atoms with E-state index in [1.807, 2.05) is 12.1 Å². The number of benzene rings is 2. The van der Waals surface area contributed by atoms with Crippen LogP contribution in [0.15, 0.2) is 60.9 Å². The molecule has 66 heavy (non-hydrogen) atoms. The Morgan fingerprint density at radius 3 is 1.59 bits per heavy atom. The van der Waals surface area contributed by atoms with Crippen molar-refractivity contribution in [1.29, 1.82) is 0 Å². The predicted molar refractivity (Wildman–Crippen MR) is 242 cm³/mol. The predicted octanol–water partition coefficient (Wildman–Crippen LogP) is 3.35. The summed E-state index contributed by atoms with van der Waals surface area (Å²) in [5, 5.41) is 31.0. The number of carbonyl (C=O) groups excluding carboxylic acids is 4. The fraction of sp³-hybridized carbons (Fsp3) is 0.362. The lowest BCUT2D eigenvalue weighted by Gasteiger charge is -2.13. The first kappa shape index (κ1) is 46.4. The first-order chi connectivity index (χ1) is 30.7. The van der Waals surface area contributed by atoms with Crippen molar-refractivity contribution < 1.29 is 34.1 Å².